The lowest BCUT2D eigenvalue weighted by atomic mass is 10.0. The number of fused-ring (bicyclic) bond motifs is 1. The van der Waals surface area contributed by atoms with Crippen LogP contribution in [-0.4, -0.2) is 17.3 Å². The Balaban J connectivity index is 1.81. The summed E-state index contributed by atoms with van der Waals surface area (Å²) >= 11 is 0. The molecule has 0 spiro atoms. The zero-order valence-corrected chi connectivity index (χ0v) is 9.58. The maximum Gasteiger partial charge on any atom is 0.0992 e. The highest BCUT2D eigenvalue weighted by Gasteiger charge is 2.30. The molecule has 0 bridgehead atoms. The van der Waals surface area contributed by atoms with E-state index >= 15 is 0 Å². The first kappa shape index (κ1) is 9.88. The zero-order chi connectivity index (χ0) is 11.0. The van der Waals surface area contributed by atoms with Crippen LogP contribution in [0, 0.1) is 11.3 Å². The first-order valence-corrected chi connectivity index (χ1v) is 6.25. The van der Waals surface area contributed by atoms with E-state index < -0.39 is 0 Å². The van der Waals surface area contributed by atoms with Crippen LogP contribution in [0.5, 0.6) is 0 Å². The lowest BCUT2D eigenvalue weighted by molar-refractivity contribution is 0.403. The van der Waals surface area contributed by atoms with Gasteiger partial charge in [0.2, 0.25) is 0 Å². The molecule has 0 aromatic heterocycles. The van der Waals surface area contributed by atoms with Crippen LogP contribution < -0.4 is 0 Å². The van der Waals surface area contributed by atoms with E-state index in [4.69, 9.17) is 5.41 Å². The van der Waals surface area contributed by atoms with Crippen LogP contribution >= 0.6 is 0 Å². The van der Waals surface area contributed by atoms with Crippen molar-refractivity contribution in [2.45, 2.75) is 32.2 Å². The summed E-state index contributed by atoms with van der Waals surface area (Å²) in [4.78, 5) is 2.28. The number of benzene rings is 1. The Labute approximate surface area is 96.8 Å². The van der Waals surface area contributed by atoms with E-state index in [1.165, 1.54) is 36.8 Å². The summed E-state index contributed by atoms with van der Waals surface area (Å²) in [6.07, 6.45) is 4.82. The molecule has 16 heavy (non-hydrogen) atoms. The Hall–Kier alpha value is -1.31. The van der Waals surface area contributed by atoms with Gasteiger partial charge in [-0.15, -0.1) is 0 Å². The smallest absolute Gasteiger partial charge is 0.0992 e. The molecule has 1 fully saturated rings. The summed E-state index contributed by atoms with van der Waals surface area (Å²) in [5.74, 6) is 1.46. The third-order valence-corrected chi connectivity index (χ3v) is 3.66. The van der Waals surface area contributed by atoms with Crippen LogP contribution in [0.2, 0.25) is 0 Å². The third kappa shape index (κ3) is 1.84. The van der Waals surface area contributed by atoms with Crippen molar-refractivity contribution in [3.63, 3.8) is 0 Å². The van der Waals surface area contributed by atoms with Crippen molar-refractivity contribution < 1.29 is 0 Å². The van der Waals surface area contributed by atoms with Gasteiger partial charge in [0.25, 0.3) is 0 Å². The van der Waals surface area contributed by atoms with Crippen LogP contribution in [0.3, 0.4) is 0 Å². The molecule has 1 aliphatic carbocycles. The predicted molar refractivity (Wildman–Crippen MR) is 65.6 cm³/mol. The van der Waals surface area contributed by atoms with Gasteiger partial charge in [-0.05, 0) is 36.8 Å². The minimum atomic E-state index is 0.574. The van der Waals surface area contributed by atoms with Crippen molar-refractivity contribution in [2.24, 2.45) is 5.92 Å². The standard InChI is InChI=1S/C14H18N2/c15-14(12-7-8-12)16-9-3-6-11-4-1-2-5-13(11)10-16/h1-2,4-5,12,15H,3,6-10H2. The van der Waals surface area contributed by atoms with Crippen molar-refractivity contribution in [1.82, 2.24) is 4.90 Å². The maximum atomic E-state index is 8.16. The van der Waals surface area contributed by atoms with Gasteiger partial charge in [0.1, 0.15) is 0 Å². The third-order valence-electron chi connectivity index (χ3n) is 3.66. The van der Waals surface area contributed by atoms with Crippen molar-refractivity contribution >= 4 is 5.84 Å². The van der Waals surface area contributed by atoms with Gasteiger partial charge in [0.05, 0.1) is 5.84 Å². The number of hydrogen-bond acceptors (Lipinski definition) is 1. The average molecular weight is 214 g/mol. The Bertz CT molecular complexity index is 407. The molecule has 0 saturated heterocycles. The van der Waals surface area contributed by atoms with E-state index in [1.807, 2.05) is 0 Å². The van der Waals surface area contributed by atoms with E-state index in [-0.39, 0.29) is 0 Å². The van der Waals surface area contributed by atoms with Crippen molar-refractivity contribution in [3.8, 4) is 0 Å². The summed E-state index contributed by atoms with van der Waals surface area (Å²) in [5, 5.41) is 8.16. The molecule has 1 heterocycles. The molecule has 0 atom stereocenters. The molecule has 1 N–H and O–H groups in total. The summed E-state index contributed by atoms with van der Waals surface area (Å²) in [6, 6.07) is 8.69. The summed E-state index contributed by atoms with van der Waals surface area (Å²) < 4.78 is 0. The molecule has 0 radical (unpaired) electrons. The Kier molecular flexibility index (Phi) is 2.43. The second kappa shape index (κ2) is 3.93. The number of nitrogens with one attached hydrogen (secondary N) is 1. The van der Waals surface area contributed by atoms with Gasteiger partial charge < -0.3 is 4.90 Å². The summed E-state index contributed by atoms with van der Waals surface area (Å²) in [5.41, 5.74) is 2.90. The Morgan fingerprint density at radius 1 is 1.19 bits per heavy atom. The van der Waals surface area contributed by atoms with E-state index in [0.717, 1.165) is 18.9 Å². The molecule has 0 amide bonds. The molecule has 1 aliphatic heterocycles. The molecule has 3 rings (SSSR count). The molecule has 0 unspecified atom stereocenters. The van der Waals surface area contributed by atoms with Gasteiger partial charge in [0.15, 0.2) is 0 Å². The molecule has 1 saturated carbocycles. The fourth-order valence-electron chi connectivity index (χ4n) is 2.52. The maximum absolute atomic E-state index is 8.16. The topological polar surface area (TPSA) is 27.1 Å². The summed E-state index contributed by atoms with van der Waals surface area (Å²) in [6.45, 7) is 2.01. The first-order valence-electron chi connectivity index (χ1n) is 6.25. The van der Waals surface area contributed by atoms with E-state index in [2.05, 4.69) is 29.2 Å². The van der Waals surface area contributed by atoms with E-state index in [1.54, 1.807) is 0 Å². The second-order valence-corrected chi connectivity index (χ2v) is 4.95. The molecule has 1 aromatic rings. The van der Waals surface area contributed by atoms with Gasteiger partial charge >= 0.3 is 0 Å². The van der Waals surface area contributed by atoms with Crippen LogP contribution in [0.25, 0.3) is 0 Å². The molecular formula is C14H18N2. The number of amidine groups is 1. The normalized spacial score (nSPS) is 20.1. The second-order valence-electron chi connectivity index (χ2n) is 4.95. The molecule has 2 aliphatic rings. The van der Waals surface area contributed by atoms with E-state index in [0.29, 0.717) is 5.92 Å². The van der Waals surface area contributed by atoms with Crippen LogP contribution in [0.1, 0.15) is 30.4 Å². The minimum absolute atomic E-state index is 0.574. The predicted octanol–water partition coefficient (Wildman–Crippen LogP) is 2.82. The number of nitrogens with zero attached hydrogens (tertiary/aromatic N) is 1. The monoisotopic (exact) mass is 214 g/mol. The first-order chi connectivity index (χ1) is 7.84. The van der Waals surface area contributed by atoms with Gasteiger partial charge in [-0.1, -0.05) is 24.3 Å². The lowest BCUT2D eigenvalue weighted by Crippen LogP contribution is -2.31. The highest BCUT2D eigenvalue weighted by Crippen LogP contribution is 2.32. The van der Waals surface area contributed by atoms with Gasteiger partial charge in [-0.25, -0.2) is 0 Å². The van der Waals surface area contributed by atoms with Crippen LogP contribution in [0.4, 0.5) is 0 Å². The molecule has 1 aromatic carbocycles. The number of hydrogen-bond donors (Lipinski definition) is 1. The van der Waals surface area contributed by atoms with Crippen LogP contribution in [0.15, 0.2) is 24.3 Å². The minimum Gasteiger partial charge on any atom is -0.356 e. The number of rotatable bonds is 1. The molecule has 2 heteroatoms. The van der Waals surface area contributed by atoms with Gasteiger partial charge in [-0.3, -0.25) is 5.41 Å². The van der Waals surface area contributed by atoms with Gasteiger partial charge in [0, 0.05) is 19.0 Å². The highest BCUT2D eigenvalue weighted by atomic mass is 15.2. The molecular weight excluding hydrogens is 196 g/mol. The van der Waals surface area contributed by atoms with Crippen molar-refractivity contribution in [3.05, 3.63) is 35.4 Å². The van der Waals surface area contributed by atoms with Crippen molar-refractivity contribution in [2.75, 3.05) is 6.54 Å². The Morgan fingerprint density at radius 3 is 2.69 bits per heavy atom. The summed E-state index contributed by atoms with van der Waals surface area (Å²) in [7, 11) is 0. The quantitative estimate of drug-likeness (QED) is 0.565. The number of aryl methyl sites for hydroxylation is 1. The lowest BCUT2D eigenvalue weighted by Gasteiger charge is -2.23. The Morgan fingerprint density at radius 2 is 1.94 bits per heavy atom. The zero-order valence-electron chi connectivity index (χ0n) is 9.58. The van der Waals surface area contributed by atoms with Crippen LogP contribution in [-0.2, 0) is 13.0 Å². The fourth-order valence-corrected chi connectivity index (χ4v) is 2.52. The highest BCUT2D eigenvalue weighted by molar-refractivity contribution is 5.83. The largest absolute Gasteiger partial charge is 0.356 e. The molecule has 2 nitrogen and oxygen atoms in total. The average Bonchev–Trinajstić information content (AvgIpc) is 3.14. The van der Waals surface area contributed by atoms with E-state index in [9.17, 15) is 0 Å². The van der Waals surface area contributed by atoms with Crippen molar-refractivity contribution in [1.29, 1.82) is 5.41 Å². The van der Waals surface area contributed by atoms with Gasteiger partial charge in [-0.2, -0.15) is 0 Å². The SMILES string of the molecule is N=C(C1CC1)N1CCCc2ccccc2C1. The fraction of sp³-hybridized carbons (Fsp3) is 0.500. The molecule has 84 valence electrons.